The molecule has 0 aliphatic rings. The molecule has 3 nitrogen and oxygen atoms in total. The second-order valence-electron chi connectivity index (χ2n) is 4.59. The molecule has 1 aromatic rings. The highest BCUT2D eigenvalue weighted by Crippen LogP contribution is 2.09. The van der Waals surface area contributed by atoms with Gasteiger partial charge in [0.1, 0.15) is 5.82 Å². The number of hydrogen-bond donors (Lipinski definition) is 2. The minimum Gasteiger partial charge on any atom is -0.352 e. The minimum atomic E-state index is -0.283. The first-order valence-corrected chi connectivity index (χ1v) is 6.33. The molecular weight excluding hydrogens is 231 g/mol. The van der Waals surface area contributed by atoms with Crippen LogP contribution in [0.15, 0.2) is 24.3 Å². The van der Waals surface area contributed by atoms with Crippen LogP contribution in [0, 0.1) is 11.7 Å². The van der Waals surface area contributed by atoms with Crippen LogP contribution in [0.3, 0.4) is 0 Å². The predicted octanol–water partition coefficient (Wildman–Crippen LogP) is 2.21. The quantitative estimate of drug-likeness (QED) is 0.781. The summed E-state index contributed by atoms with van der Waals surface area (Å²) in [5.41, 5.74) is 5.96. The molecule has 0 radical (unpaired) electrons. The van der Waals surface area contributed by atoms with Crippen LogP contribution < -0.4 is 11.1 Å². The fourth-order valence-electron chi connectivity index (χ4n) is 1.73. The van der Waals surface area contributed by atoms with Crippen molar-refractivity contribution in [3.05, 3.63) is 35.6 Å². The van der Waals surface area contributed by atoms with Gasteiger partial charge in [0.25, 0.3) is 0 Å². The van der Waals surface area contributed by atoms with Gasteiger partial charge in [0.2, 0.25) is 5.91 Å². The molecule has 0 saturated heterocycles. The molecular formula is C14H21FN2O. The van der Waals surface area contributed by atoms with Gasteiger partial charge in [0.15, 0.2) is 0 Å². The summed E-state index contributed by atoms with van der Waals surface area (Å²) in [5.74, 6) is 0.130. The highest BCUT2D eigenvalue weighted by Gasteiger charge is 2.07. The molecule has 0 aliphatic carbocycles. The highest BCUT2D eigenvalue weighted by molar-refractivity contribution is 5.75. The van der Waals surface area contributed by atoms with E-state index in [1.165, 1.54) is 6.07 Å². The average molecular weight is 252 g/mol. The number of halogens is 1. The standard InChI is InChI=1S/C14H21FN2O/c1-11(8-9-16)6-7-14(18)17-10-12-4-2-3-5-13(12)15/h2-5,11H,6-10,16H2,1H3,(H,17,18). The maximum absolute atomic E-state index is 13.3. The van der Waals surface area contributed by atoms with Crippen molar-refractivity contribution < 1.29 is 9.18 Å². The van der Waals surface area contributed by atoms with Gasteiger partial charge in [0, 0.05) is 18.5 Å². The molecule has 0 fully saturated rings. The maximum Gasteiger partial charge on any atom is 0.220 e. The number of nitrogens with two attached hydrogens (primary N) is 1. The fourth-order valence-corrected chi connectivity index (χ4v) is 1.73. The molecule has 1 unspecified atom stereocenters. The molecule has 0 aliphatic heterocycles. The first-order chi connectivity index (χ1) is 8.63. The lowest BCUT2D eigenvalue weighted by Crippen LogP contribution is -2.23. The lowest BCUT2D eigenvalue weighted by Gasteiger charge is -2.10. The van der Waals surface area contributed by atoms with Crippen LogP contribution in [0.5, 0.6) is 0 Å². The summed E-state index contributed by atoms with van der Waals surface area (Å²) in [6, 6.07) is 6.46. The number of benzene rings is 1. The van der Waals surface area contributed by atoms with E-state index < -0.39 is 0 Å². The van der Waals surface area contributed by atoms with E-state index in [4.69, 9.17) is 5.73 Å². The van der Waals surface area contributed by atoms with E-state index >= 15 is 0 Å². The summed E-state index contributed by atoms with van der Waals surface area (Å²) in [5, 5.41) is 2.73. The summed E-state index contributed by atoms with van der Waals surface area (Å²) in [4.78, 5) is 11.6. The first kappa shape index (κ1) is 14.6. The van der Waals surface area contributed by atoms with Crippen LogP contribution >= 0.6 is 0 Å². The topological polar surface area (TPSA) is 55.1 Å². The zero-order valence-electron chi connectivity index (χ0n) is 10.8. The third-order valence-corrected chi connectivity index (χ3v) is 2.96. The van der Waals surface area contributed by atoms with Crippen molar-refractivity contribution in [3.63, 3.8) is 0 Å². The molecule has 1 atom stereocenters. The van der Waals surface area contributed by atoms with Crippen molar-refractivity contribution in [2.24, 2.45) is 11.7 Å². The highest BCUT2D eigenvalue weighted by atomic mass is 19.1. The zero-order valence-corrected chi connectivity index (χ0v) is 10.8. The molecule has 1 rings (SSSR count). The van der Waals surface area contributed by atoms with E-state index in [2.05, 4.69) is 12.2 Å². The number of hydrogen-bond acceptors (Lipinski definition) is 2. The lowest BCUT2D eigenvalue weighted by atomic mass is 10.0. The van der Waals surface area contributed by atoms with E-state index in [0.717, 1.165) is 12.8 Å². The van der Waals surface area contributed by atoms with Crippen LogP contribution in [0.4, 0.5) is 4.39 Å². The van der Waals surface area contributed by atoms with Crippen molar-refractivity contribution in [2.75, 3.05) is 6.54 Å². The molecule has 0 spiro atoms. The Labute approximate surface area is 108 Å². The number of rotatable bonds is 7. The number of carbonyl (C=O) groups is 1. The molecule has 4 heteroatoms. The van der Waals surface area contributed by atoms with Gasteiger partial charge >= 0.3 is 0 Å². The van der Waals surface area contributed by atoms with Crippen LogP contribution in [0.1, 0.15) is 31.7 Å². The molecule has 0 heterocycles. The van der Waals surface area contributed by atoms with Gasteiger partial charge in [0.05, 0.1) is 0 Å². The van der Waals surface area contributed by atoms with Gasteiger partial charge in [-0.05, 0) is 31.4 Å². The Bertz CT molecular complexity index is 382. The van der Waals surface area contributed by atoms with Crippen molar-refractivity contribution >= 4 is 5.91 Å². The molecule has 0 saturated carbocycles. The van der Waals surface area contributed by atoms with Gasteiger partial charge in [-0.25, -0.2) is 4.39 Å². The van der Waals surface area contributed by atoms with Gasteiger partial charge in [-0.1, -0.05) is 25.1 Å². The molecule has 3 N–H and O–H groups in total. The molecule has 0 aromatic heterocycles. The molecule has 1 amide bonds. The van der Waals surface area contributed by atoms with Crippen LogP contribution in [0.2, 0.25) is 0 Å². The van der Waals surface area contributed by atoms with E-state index in [1.54, 1.807) is 18.2 Å². The van der Waals surface area contributed by atoms with Crippen molar-refractivity contribution in [3.8, 4) is 0 Å². The summed E-state index contributed by atoms with van der Waals surface area (Å²) < 4.78 is 13.3. The Hall–Kier alpha value is -1.42. The zero-order chi connectivity index (χ0) is 13.4. The summed E-state index contributed by atoms with van der Waals surface area (Å²) in [6.07, 6.45) is 2.22. The fraction of sp³-hybridized carbons (Fsp3) is 0.500. The van der Waals surface area contributed by atoms with Crippen LogP contribution in [-0.2, 0) is 11.3 Å². The third kappa shape index (κ3) is 5.27. The van der Waals surface area contributed by atoms with Crippen LogP contribution in [0.25, 0.3) is 0 Å². The smallest absolute Gasteiger partial charge is 0.220 e. The van der Waals surface area contributed by atoms with Crippen molar-refractivity contribution in [1.82, 2.24) is 5.32 Å². The predicted molar refractivity (Wildman–Crippen MR) is 70.3 cm³/mol. The van der Waals surface area contributed by atoms with Crippen molar-refractivity contribution in [2.45, 2.75) is 32.7 Å². The Morgan fingerprint density at radius 2 is 2.11 bits per heavy atom. The average Bonchev–Trinajstić information content (AvgIpc) is 2.36. The lowest BCUT2D eigenvalue weighted by molar-refractivity contribution is -0.121. The molecule has 18 heavy (non-hydrogen) atoms. The Morgan fingerprint density at radius 3 is 2.78 bits per heavy atom. The number of amides is 1. The Kier molecular flexibility index (Phi) is 6.36. The van der Waals surface area contributed by atoms with Crippen LogP contribution in [-0.4, -0.2) is 12.5 Å². The maximum atomic E-state index is 13.3. The normalized spacial score (nSPS) is 12.2. The van der Waals surface area contributed by atoms with Gasteiger partial charge in [-0.15, -0.1) is 0 Å². The van der Waals surface area contributed by atoms with E-state index in [-0.39, 0.29) is 18.3 Å². The van der Waals surface area contributed by atoms with Crippen molar-refractivity contribution in [1.29, 1.82) is 0 Å². The minimum absolute atomic E-state index is 0.0397. The van der Waals surface area contributed by atoms with E-state index in [0.29, 0.717) is 24.4 Å². The van der Waals surface area contributed by atoms with E-state index in [1.807, 2.05) is 0 Å². The van der Waals surface area contributed by atoms with Gasteiger partial charge < -0.3 is 11.1 Å². The SMILES string of the molecule is CC(CCN)CCC(=O)NCc1ccccc1F. The number of nitrogens with one attached hydrogen (secondary N) is 1. The molecule has 0 bridgehead atoms. The monoisotopic (exact) mass is 252 g/mol. The molecule has 1 aromatic carbocycles. The third-order valence-electron chi connectivity index (χ3n) is 2.96. The van der Waals surface area contributed by atoms with E-state index in [9.17, 15) is 9.18 Å². The van der Waals surface area contributed by atoms with Gasteiger partial charge in [-0.3, -0.25) is 4.79 Å². The second-order valence-corrected chi connectivity index (χ2v) is 4.59. The summed E-state index contributed by atoms with van der Waals surface area (Å²) >= 11 is 0. The summed E-state index contributed by atoms with van der Waals surface area (Å²) in [7, 11) is 0. The largest absolute Gasteiger partial charge is 0.352 e. The Balaban J connectivity index is 2.27. The molecule has 100 valence electrons. The Morgan fingerprint density at radius 1 is 1.39 bits per heavy atom. The first-order valence-electron chi connectivity index (χ1n) is 6.33. The number of carbonyl (C=O) groups excluding carboxylic acids is 1. The van der Waals surface area contributed by atoms with Gasteiger partial charge in [-0.2, -0.15) is 0 Å². The summed E-state index contributed by atoms with van der Waals surface area (Å²) in [6.45, 7) is 2.98. The second kappa shape index (κ2) is 7.82.